The third-order valence-electron chi connectivity index (χ3n) is 1.40. The number of rotatable bonds is 3. The Balaban J connectivity index is 3.07. The van der Waals surface area contributed by atoms with Gasteiger partial charge in [0.15, 0.2) is 5.69 Å². The van der Waals surface area contributed by atoms with Crippen molar-refractivity contribution in [2.75, 3.05) is 0 Å². The first-order chi connectivity index (χ1) is 5.75. The monoisotopic (exact) mass is 165 g/mol. The molecular formula is C8H7NO3. The molecule has 0 saturated heterocycles. The number of nitrogens with zero attached hydrogens (tertiary/aromatic N) is 1. The maximum absolute atomic E-state index is 10.5. The predicted molar refractivity (Wildman–Crippen MR) is 41.0 cm³/mol. The quantitative estimate of drug-likeness (QED) is 0.663. The number of pyridine rings is 1. The number of aldehydes is 1. The Morgan fingerprint density at radius 1 is 1.67 bits per heavy atom. The number of aromatic nitrogens is 1. The molecule has 1 heterocycles. The average Bonchev–Trinajstić information content (AvgIpc) is 2.05. The Kier molecular flexibility index (Phi) is 2.53. The smallest absolute Gasteiger partial charge is 0.354 e. The number of carboxylic acid groups (broad SMARTS) is 1. The molecule has 1 aromatic heterocycles. The molecule has 1 N–H and O–H groups in total. The summed E-state index contributed by atoms with van der Waals surface area (Å²) in [6, 6.07) is 3.18. The summed E-state index contributed by atoms with van der Waals surface area (Å²) in [7, 11) is 0. The first kappa shape index (κ1) is 8.39. The summed E-state index contributed by atoms with van der Waals surface area (Å²) in [4.78, 5) is 24.3. The number of carbonyl (C=O) groups is 2. The lowest BCUT2D eigenvalue weighted by Crippen LogP contribution is -2.05. The third-order valence-corrected chi connectivity index (χ3v) is 1.40. The molecule has 4 nitrogen and oxygen atoms in total. The molecule has 0 spiro atoms. The normalized spacial score (nSPS) is 9.33. The van der Waals surface area contributed by atoms with E-state index in [0.717, 1.165) is 0 Å². The van der Waals surface area contributed by atoms with E-state index < -0.39 is 5.97 Å². The molecule has 1 rings (SSSR count). The fourth-order valence-electron chi connectivity index (χ4n) is 0.886. The Labute approximate surface area is 68.9 Å². The van der Waals surface area contributed by atoms with E-state index in [1.807, 2.05) is 0 Å². The van der Waals surface area contributed by atoms with Gasteiger partial charge in [0.2, 0.25) is 0 Å². The summed E-state index contributed by atoms with van der Waals surface area (Å²) in [6.07, 6.45) is 2.14. The van der Waals surface area contributed by atoms with E-state index in [4.69, 9.17) is 5.11 Å². The highest BCUT2D eigenvalue weighted by Gasteiger charge is 2.09. The maximum atomic E-state index is 10.5. The molecule has 0 aromatic carbocycles. The molecule has 0 aliphatic carbocycles. The van der Waals surface area contributed by atoms with Crippen LogP contribution in [0.2, 0.25) is 0 Å². The van der Waals surface area contributed by atoms with Gasteiger partial charge in [-0.25, -0.2) is 9.78 Å². The molecule has 4 heteroatoms. The summed E-state index contributed by atoms with van der Waals surface area (Å²) in [5, 5.41) is 8.61. The van der Waals surface area contributed by atoms with Crippen molar-refractivity contribution in [2.24, 2.45) is 0 Å². The fraction of sp³-hybridized carbons (Fsp3) is 0.125. The summed E-state index contributed by atoms with van der Waals surface area (Å²) < 4.78 is 0. The van der Waals surface area contributed by atoms with Crippen LogP contribution in [0.4, 0.5) is 0 Å². The molecule has 0 radical (unpaired) electrons. The first-order valence-corrected chi connectivity index (χ1v) is 3.36. The van der Waals surface area contributed by atoms with Crippen molar-refractivity contribution >= 4 is 12.3 Å². The van der Waals surface area contributed by atoms with Crippen LogP contribution in [-0.4, -0.2) is 22.3 Å². The zero-order chi connectivity index (χ0) is 8.97. The van der Waals surface area contributed by atoms with Crippen LogP contribution >= 0.6 is 0 Å². The molecule has 0 unspecified atom stereocenters. The van der Waals surface area contributed by atoms with Gasteiger partial charge in [-0.1, -0.05) is 6.07 Å². The molecule has 0 saturated carbocycles. The van der Waals surface area contributed by atoms with Crippen LogP contribution < -0.4 is 0 Å². The average molecular weight is 165 g/mol. The van der Waals surface area contributed by atoms with Crippen LogP contribution in [-0.2, 0) is 11.2 Å². The number of hydrogen-bond acceptors (Lipinski definition) is 3. The number of carboxylic acids is 1. The van der Waals surface area contributed by atoms with E-state index in [0.29, 0.717) is 11.8 Å². The SMILES string of the molecule is O=CCc1cccnc1C(=O)O. The van der Waals surface area contributed by atoms with E-state index in [-0.39, 0.29) is 12.1 Å². The van der Waals surface area contributed by atoms with Crippen LogP contribution in [0.5, 0.6) is 0 Å². The van der Waals surface area contributed by atoms with Gasteiger partial charge in [0.05, 0.1) is 0 Å². The molecule has 0 bridgehead atoms. The number of aromatic carboxylic acids is 1. The van der Waals surface area contributed by atoms with E-state index in [1.54, 1.807) is 12.1 Å². The second kappa shape index (κ2) is 3.61. The molecule has 0 fully saturated rings. The van der Waals surface area contributed by atoms with Gasteiger partial charge in [0, 0.05) is 12.6 Å². The van der Waals surface area contributed by atoms with Crippen molar-refractivity contribution in [3.05, 3.63) is 29.6 Å². The Hall–Kier alpha value is -1.71. The van der Waals surface area contributed by atoms with Crippen LogP contribution in [0.3, 0.4) is 0 Å². The molecule has 0 atom stereocenters. The van der Waals surface area contributed by atoms with Gasteiger partial charge < -0.3 is 9.90 Å². The highest BCUT2D eigenvalue weighted by atomic mass is 16.4. The molecule has 62 valence electrons. The minimum atomic E-state index is -1.10. The van der Waals surface area contributed by atoms with Gasteiger partial charge in [-0.15, -0.1) is 0 Å². The van der Waals surface area contributed by atoms with Crippen molar-refractivity contribution in [3.8, 4) is 0 Å². The van der Waals surface area contributed by atoms with E-state index in [1.165, 1.54) is 6.20 Å². The van der Waals surface area contributed by atoms with E-state index in [2.05, 4.69) is 4.98 Å². The molecule has 1 aromatic rings. The zero-order valence-corrected chi connectivity index (χ0v) is 6.23. The predicted octanol–water partition coefficient (Wildman–Crippen LogP) is 0.521. The van der Waals surface area contributed by atoms with Crippen molar-refractivity contribution in [1.29, 1.82) is 0 Å². The van der Waals surface area contributed by atoms with Crippen molar-refractivity contribution < 1.29 is 14.7 Å². The minimum absolute atomic E-state index is 0.0513. The van der Waals surface area contributed by atoms with Crippen molar-refractivity contribution in [1.82, 2.24) is 4.98 Å². The standard InChI is InChI=1S/C8H7NO3/c10-5-3-6-2-1-4-9-7(6)8(11)12/h1-2,4-5H,3H2,(H,11,12). The first-order valence-electron chi connectivity index (χ1n) is 3.36. The molecule has 0 amide bonds. The van der Waals surface area contributed by atoms with Gasteiger partial charge in [0.1, 0.15) is 6.29 Å². The Morgan fingerprint density at radius 2 is 2.42 bits per heavy atom. The lowest BCUT2D eigenvalue weighted by molar-refractivity contribution is -0.107. The largest absolute Gasteiger partial charge is 0.477 e. The lowest BCUT2D eigenvalue weighted by Gasteiger charge is -1.98. The van der Waals surface area contributed by atoms with Gasteiger partial charge in [-0.3, -0.25) is 0 Å². The summed E-state index contributed by atoms with van der Waals surface area (Å²) in [6.45, 7) is 0. The Morgan fingerprint density at radius 3 is 3.00 bits per heavy atom. The third kappa shape index (κ3) is 1.66. The van der Waals surface area contributed by atoms with Crippen molar-refractivity contribution in [3.63, 3.8) is 0 Å². The molecule has 0 aliphatic rings. The maximum Gasteiger partial charge on any atom is 0.354 e. The fourth-order valence-corrected chi connectivity index (χ4v) is 0.886. The van der Waals surface area contributed by atoms with Gasteiger partial charge in [-0.05, 0) is 11.6 Å². The van der Waals surface area contributed by atoms with Gasteiger partial charge in [-0.2, -0.15) is 0 Å². The zero-order valence-electron chi connectivity index (χ0n) is 6.23. The van der Waals surface area contributed by atoms with Crippen LogP contribution in [0.15, 0.2) is 18.3 Å². The molecule has 12 heavy (non-hydrogen) atoms. The topological polar surface area (TPSA) is 67.3 Å². The van der Waals surface area contributed by atoms with Crippen molar-refractivity contribution in [2.45, 2.75) is 6.42 Å². The molecular weight excluding hydrogens is 158 g/mol. The van der Waals surface area contributed by atoms with Gasteiger partial charge >= 0.3 is 5.97 Å². The van der Waals surface area contributed by atoms with Crippen LogP contribution in [0, 0.1) is 0 Å². The van der Waals surface area contributed by atoms with Gasteiger partial charge in [0.25, 0.3) is 0 Å². The summed E-state index contributed by atoms with van der Waals surface area (Å²) >= 11 is 0. The highest BCUT2D eigenvalue weighted by Crippen LogP contribution is 2.04. The van der Waals surface area contributed by atoms with Crippen LogP contribution in [0.1, 0.15) is 16.1 Å². The highest BCUT2D eigenvalue weighted by molar-refractivity contribution is 5.87. The lowest BCUT2D eigenvalue weighted by atomic mass is 10.1. The number of carbonyl (C=O) groups excluding carboxylic acids is 1. The second-order valence-electron chi connectivity index (χ2n) is 2.19. The minimum Gasteiger partial charge on any atom is -0.477 e. The van der Waals surface area contributed by atoms with E-state index >= 15 is 0 Å². The van der Waals surface area contributed by atoms with E-state index in [9.17, 15) is 9.59 Å². The number of hydrogen-bond donors (Lipinski definition) is 1. The second-order valence-corrected chi connectivity index (χ2v) is 2.19. The summed E-state index contributed by atoms with van der Waals surface area (Å²) in [5.41, 5.74) is 0.393. The molecule has 0 aliphatic heterocycles. The Bertz CT molecular complexity index is 309. The van der Waals surface area contributed by atoms with Crippen LogP contribution in [0.25, 0.3) is 0 Å². The summed E-state index contributed by atoms with van der Waals surface area (Å²) in [5.74, 6) is -1.10.